The van der Waals surface area contributed by atoms with E-state index < -0.39 is 0 Å². The largest absolute Gasteiger partial charge is 0.381 e. The minimum Gasteiger partial charge on any atom is -0.381 e. The van der Waals surface area contributed by atoms with Crippen LogP contribution in [0.5, 0.6) is 0 Å². The second-order valence-electron chi connectivity index (χ2n) is 8.66. The van der Waals surface area contributed by atoms with E-state index in [4.69, 9.17) is 4.74 Å². The van der Waals surface area contributed by atoms with Crippen LogP contribution in [0.4, 0.5) is 0 Å². The maximum Gasteiger partial charge on any atom is 0.223 e. The molecule has 0 radical (unpaired) electrons. The van der Waals surface area contributed by atoms with Crippen molar-refractivity contribution in [3.05, 3.63) is 0 Å². The first-order chi connectivity index (χ1) is 11.1. The minimum absolute atomic E-state index is 0.0382. The summed E-state index contributed by atoms with van der Waals surface area (Å²) in [5.41, 5.74) is -0.760. The average molecular weight is 343 g/mol. The zero-order chi connectivity index (χ0) is 18.4. The third kappa shape index (κ3) is 6.34. The highest BCUT2D eigenvalue weighted by atomic mass is 16.5. The van der Waals surface area contributed by atoms with Crippen LogP contribution in [0.25, 0.3) is 0 Å². The van der Waals surface area contributed by atoms with Crippen molar-refractivity contribution >= 4 is 5.91 Å². The molecule has 5 heteroatoms. The number of nitrogens with one attached hydrogen (secondary N) is 1. The van der Waals surface area contributed by atoms with Gasteiger partial charge in [0.25, 0.3) is 0 Å². The van der Waals surface area contributed by atoms with E-state index in [0.717, 1.165) is 39.0 Å². The molecule has 1 aliphatic rings. The molecule has 1 rings (SSSR count). The zero-order valence-electron chi connectivity index (χ0n) is 16.5. The Morgan fingerprint density at radius 1 is 1.29 bits per heavy atom. The molecule has 1 heterocycles. The van der Waals surface area contributed by atoms with Gasteiger partial charge in [0, 0.05) is 36.8 Å². The summed E-state index contributed by atoms with van der Waals surface area (Å²) in [7, 11) is 0. The minimum atomic E-state index is -0.380. The van der Waals surface area contributed by atoms with E-state index in [0.29, 0.717) is 18.8 Å². The topological polar surface area (TPSA) is 61.8 Å². The molecule has 1 amide bonds. The van der Waals surface area contributed by atoms with Gasteiger partial charge in [0.05, 0.1) is 0 Å². The molecule has 0 bridgehead atoms. The second-order valence-corrected chi connectivity index (χ2v) is 8.66. The van der Waals surface area contributed by atoms with Crippen LogP contribution in [0.2, 0.25) is 0 Å². The van der Waals surface area contributed by atoms with Crippen molar-refractivity contribution in [3.8, 4) is 0 Å². The Balaban J connectivity index is 2.33. The monoisotopic (exact) mass is 342 g/mol. The number of nitrogens with zero attached hydrogens (tertiary/aromatic N) is 1. The summed E-state index contributed by atoms with van der Waals surface area (Å²) in [6.45, 7) is 14.6. The fraction of sp³-hybridized carbons (Fsp3) is 0.947. The van der Waals surface area contributed by atoms with Crippen LogP contribution in [-0.2, 0) is 9.53 Å². The Kier molecular flexibility index (Phi) is 8.16. The summed E-state index contributed by atoms with van der Waals surface area (Å²) in [6.07, 6.45) is 4.46. The number of hydroxylamine groups is 2. The smallest absolute Gasteiger partial charge is 0.223 e. The molecule has 0 aromatic heterocycles. The van der Waals surface area contributed by atoms with Gasteiger partial charge in [-0.05, 0) is 65.7 Å². The van der Waals surface area contributed by atoms with Gasteiger partial charge < -0.3 is 15.3 Å². The summed E-state index contributed by atoms with van der Waals surface area (Å²) in [5, 5.41) is 14.8. The lowest BCUT2D eigenvalue weighted by atomic mass is 9.75. The molecular formula is C19H38N2O3. The molecule has 142 valence electrons. The maximum atomic E-state index is 12.5. The summed E-state index contributed by atoms with van der Waals surface area (Å²) >= 11 is 0. The molecule has 0 spiro atoms. The van der Waals surface area contributed by atoms with Crippen molar-refractivity contribution in [2.75, 3.05) is 19.8 Å². The fourth-order valence-electron chi connectivity index (χ4n) is 3.77. The number of hydrogen-bond acceptors (Lipinski definition) is 4. The fourth-order valence-corrected chi connectivity index (χ4v) is 3.77. The Labute approximate surface area is 148 Å². The molecule has 5 nitrogen and oxygen atoms in total. The first kappa shape index (κ1) is 21.4. The van der Waals surface area contributed by atoms with Crippen molar-refractivity contribution in [1.82, 2.24) is 10.4 Å². The Hall–Kier alpha value is -0.650. The summed E-state index contributed by atoms with van der Waals surface area (Å²) in [4.78, 5) is 12.5. The zero-order valence-corrected chi connectivity index (χ0v) is 16.5. The number of carbonyl (C=O) groups excluding carboxylic acids is 1. The van der Waals surface area contributed by atoms with Crippen LogP contribution < -0.4 is 5.32 Å². The number of amides is 1. The van der Waals surface area contributed by atoms with Crippen molar-refractivity contribution in [2.24, 2.45) is 11.8 Å². The van der Waals surface area contributed by atoms with Gasteiger partial charge in [-0.3, -0.25) is 4.79 Å². The first-order valence-corrected chi connectivity index (χ1v) is 9.45. The highest BCUT2D eigenvalue weighted by Crippen LogP contribution is 2.39. The first-order valence-electron chi connectivity index (χ1n) is 9.45. The third-order valence-electron chi connectivity index (χ3n) is 4.93. The lowest BCUT2D eigenvalue weighted by molar-refractivity contribution is -0.249. The van der Waals surface area contributed by atoms with E-state index in [2.05, 4.69) is 19.2 Å². The molecule has 1 saturated heterocycles. The molecule has 1 unspecified atom stereocenters. The van der Waals surface area contributed by atoms with Gasteiger partial charge in [0.1, 0.15) is 0 Å². The van der Waals surface area contributed by atoms with E-state index in [1.54, 1.807) is 0 Å². The number of ether oxygens (including phenoxy) is 1. The maximum absolute atomic E-state index is 12.5. The normalized spacial score (nSPS) is 22.3. The standard InChI is InChI=1S/C19H38N2O3/c1-7-11-24-14-15(2)9-8-10-20-17(22)16-12-18(3,4)21(23)19(5,6)13-16/h15-16,23H,7-14H2,1-6H3,(H,20,22). The van der Waals surface area contributed by atoms with Crippen molar-refractivity contribution in [3.63, 3.8) is 0 Å². The van der Waals surface area contributed by atoms with Gasteiger partial charge in [-0.25, -0.2) is 0 Å². The summed E-state index contributed by atoms with van der Waals surface area (Å²) < 4.78 is 5.56. The van der Waals surface area contributed by atoms with Crippen LogP contribution in [-0.4, -0.2) is 47.0 Å². The molecule has 0 saturated carbocycles. The van der Waals surface area contributed by atoms with Gasteiger partial charge >= 0.3 is 0 Å². The SMILES string of the molecule is CCCOCC(C)CCCNC(=O)C1CC(C)(C)N(O)C(C)(C)C1. The summed E-state index contributed by atoms with van der Waals surface area (Å²) in [6, 6.07) is 0. The second kappa shape index (κ2) is 9.16. The Morgan fingerprint density at radius 2 is 1.88 bits per heavy atom. The Bertz CT molecular complexity index is 378. The molecule has 2 N–H and O–H groups in total. The number of rotatable bonds is 9. The van der Waals surface area contributed by atoms with E-state index in [-0.39, 0.29) is 22.9 Å². The molecule has 1 atom stereocenters. The van der Waals surface area contributed by atoms with Crippen LogP contribution in [0.15, 0.2) is 0 Å². The van der Waals surface area contributed by atoms with Crippen LogP contribution in [0.1, 0.15) is 73.6 Å². The molecule has 1 aliphatic heterocycles. The van der Waals surface area contributed by atoms with Gasteiger partial charge in [-0.15, -0.1) is 0 Å². The molecule has 24 heavy (non-hydrogen) atoms. The van der Waals surface area contributed by atoms with Gasteiger partial charge in [-0.2, -0.15) is 5.06 Å². The molecule has 1 fully saturated rings. The number of carbonyl (C=O) groups is 1. The van der Waals surface area contributed by atoms with Gasteiger partial charge in [0.2, 0.25) is 5.91 Å². The molecular weight excluding hydrogens is 304 g/mol. The van der Waals surface area contributed by atoms with Crippen LogP contribution >= 0.6 is 0 Å². The highest BCUT2D eigenvalue weighted by molar-refractivity contribution is 5.79. The van der Waals surface area contributed by atoms with E-state index >= 15 is 0 Å². The third-order valence-corrected chi connectivity index (χ3v) is 4.93. The van der Waals surface area contributed by atoms with Crippen molar-refractivity contribution < 1.29 is 14.7 Å². The van der Waals surface area contributed by atoms with E-state index in [1.807, 2.05) is 27.7 Å². The lowest BCUT2D eigenvalue weighted by Crippen LogP contribution is -2.60. The Morgan fingerprint density at radius 3 is 2.42 bits per heavy atom. The highest BCUT2D eigenvalue weighted by Gasteiger charge is 2.46. The van der Waals surface area contributed by atoms with Gasteiger partial charge in [0.15, 0.2) is 0 Å². The molecule has 0 aromatic rings. The van der Waals surface area contributed by atoms with E-state index in [1.165, 1.54) is 5.06 Å². The summed E-state index contributed by atoms with van der Waals surface area (Å²) in [5.74, 6) is 0.617. The number of piperidine rings is 1. The average Bonchev–Trinajstić information content (AvgIpc) is 2.48. The predicted molar refractivity (Wildman–Crippen MR) is 97.0 cm³/mol. The molecule has 0 aliphatic carbocycles. The van der Waals surface area contributed by atoms with E-state index in [9.17, 15) is 10.0 Å². The number of hydrogen-bond donors (Lipinski definition) is 2. The quantitative estimate of drug-likeness (QED) is 0.629. The van der Waals surface area contributed by atoms with Crippen molar-refractivity contribution in [2.45, 2.75) is 84.7 Å². The van der Waals surface area contributed by atoms with Crippen LogP contribution in [0.3, 0.4) is 0 Å². The predicted octanol–water partition coefficient (Wildman–Crippen LogP) is 3.60. The van der Waals surface area contributed by atoms with Crippen molar-refractivity contribution in [1.29, 1.82) is 0 Å². The lowest BCUT2D eigenvalue weighted by Gasteiger charge is -2.51. The van der Waals surface area contributed by atoms with Gasteiger partial charge in [-0.1, -0.05) is 13.8 Å². The van der Waals surface area contributed by atoms with Crippen LogP contribution in [0, 0.1) is 11.8 Å². The molecule has 0 aromatic carbocycles.